The maximum absolute atomic E-state index is 2.34. The molecule has 0 nitrogen and oxygen atoms in total. The summed E-state index contributed by atoms with van der Waals surface area (Å²) in [7, 11) is 0. The van der Waals surface area contributed by atoms with Gasteiger partial charge in [-0.3, -0.25) is 0 Å². The maximum Gasteiger partial charge on any atom is -0.0148 e. The fraction of sp³-hybridized carbons (Fsp3) is 0.0233. The van der Waals surface area contributed by atoms with Gasteiger partial charge in [-0.1, -0.05) is 140 Å². The van der Waals surface area contributed by atoms with Gasteiger partial charge in [0.2, 0.25) is 0 Å². The maximum atomic E-state index is 2.34. The van der Waals surface area contributed by atoms with Gasteiger partial charge >= 0.3 is 0 Å². The second-order valence-corrected chi connectivity index (χ2v) is 11.0. The Balaban J connectivity index is 1.41. The number of hydrogen-bond acceptors (Lipinski definition) is 0. The van der Waals surface area contributed by atoms with Gasteiger partial charge in [-0.2, -0.15) is 0 Å². The highest BCUT2D eigenvalue weighted by atomic mass is 14.2. The highest BCUT2D eigenvalue weighted by Crippen LogP contribution is 2.39. The summed E-state index contributed by atoms with van der Waals surface area (Å²) < 4.78 is 0. The van der Waals surface area contributed by atoms with E-state index in [9.17, 15) is 0 Å². The van der Waals surface area contributed by atoms with Gasteiger partial charge in [0.25, 0.3) is 0 Å². The average Bonchev–Trinajstić information content (AvgIpc) is 3.09. The van der Waals surface area contributed by atoms with Crippen molar-refractivity contribution in [1.82, 2.24) is 0 Å². The fourth-order valence-corrected chi connectivity index (χ4v) is 6.02. The van der Waals surface area contributed by atoms with Gasteiger partial charge in [-0.05, 0) is 116 Å². The van der Waals surface area contributed by atoms with Crippen LogP contribution < -0.4 is 0 Å². The first-order valence-electron chi connectivity index (χ1n) is 14.9. The summed E-state index contributed by atoms with van der Waals surface area (Å²) in [6.45, 7) is 2.26. The van der Waals surface area contributed by atoms with Crippen molar-refractivity contribution in [2.45, 2.75) is 6.92 Å². The molecular formula is C43H32. The van der Waals surface area contributed by atoms with Crippen LogP contribution in [-0.4, -0.2) is 0 Å². The van der Waals surface area contributed by atoms with E-state index in [1.807, 2.05) is 0 Å². The number of benzene rings is 7. The second-order valence-electron chi connectivity index (χ2n) is 11.0. The van der Waals surface area contributed by atoms with Crippen LogP contribution in [-0.2, 0) is 0 Å². The SMILES string of the molecule is Cc1c(-c2cc(-c3ccccc3)cc(-c3ccccc3)c2)cccc1-c1cc(-c2ccccc2)cc(-c2ccccc2)c1. The molecule has 0 aliphatic carbocycles. The summed E-state index contributed by atoms with van der Waals surface area (Å²) in [5.74, 6) is 0. The summed E-state index contributed by atoms with van der Waals surface area (Å²) >= 11 is 0. The van der Waals surface area contributed by atoms with Crippen LogP contribution in [0.4, 0.5) is 0 Å². The molecule has 0 atom stereocenters. The third kappa shape index (κ3) is 5.56. The number of hydrogen-bond donors (Lipinski definition) is 0. The summed E-state index contributed by atoms with van der Waals surface area (Å²) in [6.07, 6.45) is 0. The van der Waals surface area contributed by atoms with E-state index in [4.69, 9.17) is 0 Å². The summed E-state index contributed by atoms with van der Waals surface area (Å²) in [5, 5.41) is 0. The van der Waals surface area contributed by atoms with Crippen LogP contribution in [0.1, 0.15) is 5.56 Å². The molecule has 0 N–H and O–H groups in total. The van der Waals surface area contributed by atoms with E-state index in [2.05, 4.69) is 183 Å². The highest BCUT2D eigenvalue weighted by molar-refractivity contribution is 5.87. The van der Waals surface area contributed by atoms with Gasteiger partial charge in [0.1, 0.15) is 0 Å². The van der Waals surface area contributed by atoms with Crippen molar-refractivity contribution in [3.8, 4) is 66.8 Å². The molecule has 0 saturated carbocycles. The van der Waals surface area contributed by atoms with E-state index in [0.717, 1.165) is 0 Å². The monoisotopic (exact) mass is 548 g/mol. The molecule has 0 saturated heterocycles. The van der Waals surface area contributed by atoms with Gasteiger partial charge in [0.05, 0.1) is 0 Å². The molecule has 0 unspecified atom stereocenters. The lowest BCUT2D eigenvalue weighted by molar-refractivity contribution is 1.44. The molecule has 0 heteroatoms. The van der Waals surface area contributed by atoms with Crippen molar-refractivity contribution >= 4 is 0 Å². The zero-order chi connectivity index (χ0) is 29.0. The van der Waals surface area contributed by atoms with Crippen LogP contribution in [0.3, 0.4) is 0 Å². The van der Waals surface area contributed by atoms with Crippen molar-refractivity contribution in [2.24, 2.45) is 0 Å². The van der Waals surface area contributed by atoms with E-state index in [0.29, 0.717) is 0 Å². The predicted molar refractivity (Wildman–Crippen MR) is 184 cm³/mol. The minimum absolute atomic E-state index is 1.22. The van der Waals surface area contributed by atoms with Gasteiger partial charge in [0, 0.05) is 0 Å². The smallest absolute Gasteiger partial charge is 0.0148 e. The Kier molecular flexibility index (Phi) is 7.26. The summed E-state index contributed by atoms with van der Waals surface area (Å²) in [6, 6.07) is 63.4. The van der Waals surface area contributed by atoms with Gasteiger partial charge < -0.3 is 0 Å². The molecule has 0 fully saturated rings. The van der Waals surface area contributed by atoms with Crippen LogP contribution in [0.5, 0.6) is 0 Å². The van der Waals surface area contributed by atoms with Crippen LogP contribution in [0.25, 0.3) is 66.8 Å². The van der Waals surface area contributed by atoms with Crippen molar-refractivity contribution in [3.05, 3.63) is 181 Å². The summed E-state index contributed by atoms with van der Waals surface area (Å²) in [4.78, 5) is 0. The van der Waals surface area contributed by atoms with E-state index in [-0.39, 0.29) is 0 Å². The summed E-state index contributed by atoms with van der Waals surface area (Å²) in [5.41, 5.74) is 16.0. The van der Waals surface area contributed by atoms with Crippen LogP contribution in [0.2, 0.25) is 0 Å². The zero-order valence-corrected chi connectivity index (χ0v) is 24.2. The van der Waals surface area contributed by atoms with Gasteiger partial charge in [-0.15, -0.1) is 0 Å². The lowest BCUT2D eigenvalue weighted by Crippen LogP contribution is -1.92. The molecule has 43 heavy (non-hydrogen) atoms. The standard InChI is InChI=1S/C43H32/c1-31-42(40-27-36(32-15-6-2-7-16-32)25-37(28-40)33-17-8-3-9-18-33)23-14-24-43(31)41-29-38(34-19-10-4-11-20-34)26-39(30-41)35-21-12-5-13-22-35/h2-30H,1H3. The third-order valence-corrected chi connectivity index (χ3v) is 8.25. The van der Waals surface area contributed by atoms with E-state index < -0.39 is 0 Å². The van der Waals surface area contributed by atoms with E-state index >= 15 is 0 Å². The molecule has 0 bridgehead atoms. The second kappa shape index (κ2) is 11.8. The predicted octanol–water partition coefficient (Wildman–Crippen LogP) is 12.0. The molecular weight excluding hydrogens is 516 g/mol. The molecule has 0 radical (unpaired) electrons. The first-order valence-corrected chi connectivity index (χ1v) is 14.9. The van der Waals surface area contributed by atoms with Crippen molar-refractivity contribution in [3.63, 3.8) is 0 Å². The molecule has 0 amide bonds. The van der Waals surface area contributed by atoms with E-state index in [1.165, 1.54) is 72.3 Å². The highest BCUT2D eigenvalue weighted by Gasteiger charge is 2.14. The Morgan fingerprint density at radius 3 is 0.767 bits per heavy atom. The van der Waals surface area contributed by atoms with Crippen LogP contribution in [0, 0.1) is 6.92 Å². The number of rotatable bonds is 6. The topological polar surface area (TPSA) is 0 Å². The van der Waals surface area contributed by atoms with Gasteiger partial charge in [-0.25, -0.2) is 0 Å². The molecule has 7 aromatic carbocycles. The Hall–Kier alpha value is -5.46. The van der Waals surface area contributed by atoms with Gasteiger partial charge in [0.15, 0.2) is 0 Å². The van der Waals surface area contributed by atoms with Crippen molar-refractivity contribution < 1.29 is 0 Å². The minimum Gasteiger partial charge on any atom is -0.0622 e. The van der Waals surface area contributed by atoms with Crippen molar-refractivity contribution in [1.29, 1.82) is 0 Å². The first-order chi connectivity index (χ1) is 21.2. The molecule has 0 heterocycles. The normalized spacial score (nSPS) is 10.9. The molecule has 7 rings (SSSR count). The Morgan fingerprint density at radius 1 is 0.233 bits per heavy atom. The van der Waals surface area contributed by atoms with Crippen molar-refractivity contribution in [2.75, 3.05) is 0 Å². The third-order valence-electron chi connectivity index (χ3n) is 8.25. The van der Waals surface area contributed by atoms with Crippen LogP contribution in [0.15, 0.2) is 176 Å². The quantitative estimate of drug-likeness (QED) is 0.194. The zero-order valence-electron chi connectivity index (χ0n) is 24.2. The van der Waals surface area contributed by atoms with E-state index in [1.54, 1.807) is 0 Å². The molecule has 0 aliphatic rings. The Labute approximate surface area is 254 Å². The molecule has 0 spiro atoms. The molecule has 7 aromatic rings. The lowest BCUT2D eigenvalue weighted by Gasteiger charge is -2.17. The molecule has 204 valence electrons. The first kappa shape index (κ1) is 26.4. The lowest BCUT2D eigenvalue weighted by atomic mass is 9.87. The largest absolute Gasteiger partial charge is 0.0622 e. The Morgan fingerprint density at radius 2 is 0.488 bits per heavy atom. The fourth-order valence-electron chi connectivity index (χ4n) is 6.02. The Bertz CT molecular complexity index is 1730. The van der Waals surface area contributed by atoms with Crippen LogP contribution >= 0.6 is 0 Å². The average molecular weight is 549 g/mol. The molecule has 0 aliphatic heterocycles. The molecule has 0 aromatic heterocycles. The minimum atomic E-state index is 1.22.